The zero-order valence-corrected chi connectivity index (χ0v) is 12.5. The van der Waals surface area contributed by atoms with E-state index in [1.807, 2.05) is 13.1 Å². The predicted molar refractivity (Wildman–Crippen MR) is 80.8 cm³/mol. The van der Waals surface area contributed by atoms with Crippen molar-refractivity contribution in [3.63, 3.8) is 0 Å². The molecule has 1 heterocycles. The minimum Gasteiger partial charge on any atom is -0.398 e. The lowest BCUT2D eigenvalue weighted by Gasteiger charge is -2.26. The number of hydrogen-bond donors (Lipinski definition) is 1. The quantitative estimate of drug-likeness (QED) is 0.893. The Bertz CT molecular complexity index is 417. The van der Waals surface area contributed by atoms with Crippen LogP contribution < -0.4 is 5.73 Å². The van der Waals surface area contributed by atoms with E-state index in [9.17, 15) is 0 Å². The third kappa shape index (κ3) is 3.19. The highest BCUT2D eigenvalue weighted by Crippen LogP contribution is 2.34. The lowest BCUT2D eigenvalue weighted by Crippen LogP contribution is -2.15. The van der Waals surface area contributed by atoms with Crippen LogP contribution in [0.5, 0.6) is 0 Å². The molecule has 1 fully saturated rings. The maximum atomic E-state index is 6.06. The van der Waals surface area contributed by atoms with Crippen molar-refractivity contribution < 1.29 is 0 Å². The second-order valence-electron chi connectivity index (χ2n) is 5.63. The van der Waals surface area contributed by atoms with E-state index < -0.39 is 0 Å². The Morgan fingerprint density at radius 1 is 1.39 bits per heavy atom. The average molecular weight is 264 g/mol. The SMILES string of the molecule is Cc1cnc(CSC2CCCC(C)C2)c(C)c1N. The van der Waals surface area contributed by atoms with Crippen LogP contribution in [0, 0.1) is 19.8 Å². The van der Waals surface area contributed by atoms with Gasteiger partial charge < -0.3 is 5.73 Å². The van der Waals surface area contributed by atoms with Gasteiger partial charge in [-0.1, -0.05) is 19.8 Å². The number of aromatic nitrogens is 1. The summed E-state index contributed by atoms with van der Waals surface area (Å²) in [5.74, 6) is 1.90. The van der Waals surface area contributed by atoms with Crippen molar-refractivity contribution in [3.05, 3.63) is 23.0 Å². The summed E-state index contributed by atoms with van der Waals surface area (Å²) in [7, 11) is 0. The topological polar surface area (TPSA) is 38.9 Å². The summed E-state index contributed by atoms with van der Waals surface area (Å²) in [6.45, 7) is 6.49. The van der Waals surface area contributed by atoms with Crippen LogP contribution in [0.2, 0.25) is 0 Å². The van der Waals surface area contributed by atoms with E-state index in [1.165, 1.54) is 36.9 Å². The Labute approximate surface area is 115 Å². The van der Waals surface area contributed by atoms with E-state index in [2.05, 4.69) is 30.6 Å². The van der Waals surface area contributed by atoms with E-state index in [4.69, 9.17) is 5.73 Å². The van der Waals surface area contributed by atoms with Gasteiger partial charge in [-0.15, -0.1) is 0 Å². The molecule has 100 valence electrons. The van der Waals surface area contributed by atoms with Gasteiger partial charge in [0.15, 0.2) is 0 Å². The lowest BCUT2D eigenvalue weighted by atomic mass is 9.91. The zero-order valence-electron chi connectivity index (χ0n) is 11.7. The monoisotopic (exact) mass is 264 g/mol. The average Bonchev–Trinajstić information content (AvgIpc) is 2.35. The summed E-state index contributed by atoms with van der Waals surface area (Å²) >= 11 is 2.06. The Kier molecular flexibility index (Phi) is 4.55. The first-order valence-corrected chi connectivity index (χ1v) is 7.95. The maximum absolute atomic E-state index is 6.06. The number of nitrogen functional groups attached to an aromatic ring is 1. The molecule has 0 aliphatic heterocycles. The van der Waals surface area contributed by atoms with Gasteiger partial charge in [-0.25, -0.2) is 0 Å². The predicted octanol–water partition coefficient (Wildman–Crippen LogP) is 4.09. The molecular weight excluding hydrogens is 240 g/mol. The van der Waals surface area contributed by atoms with Gasteiger partial charge in [0.25, 0.3) is 0 Å². The maximum Gasteiger partial charge on any atom is 0.0552 e. The van der Waals surface area contributed by atoms with Crippen LogP contribution in [0.1, 0.15) is 49.4 Å². The normalized spacial score (nSPS) is 24.2. The standard InChI is InChI=1S/C15H24N2S/c1-10-5-4-6-13(7-10)18-9-14-12(3)15(16)11(2)8-17-14/h8,10,13H,4-7,9H2,1-3H3,(H2,16,17). The van der Waals surface area contributed by atoms with Gasteiger partial charge in [-0.2, -0.15) is 11.8 Å². The third-order valence-corrected chi connectivity index (χ3v) is 5.36. The van der Waals surface area contributed by atoms with Crippen molar-refractivity contribution >= 4 is 17.4 Å². The lowest BCUT2D eigenvalue weighted by molar-refractivity contribution is 0.394. The number of nitrogens with two attached hydrogens (primary N) is 1. The van der Waals surface area contributed by atoms with E-state index >= 15 is 0 Å². The van der Waals surface area contributed by atoms with Crippen molar-refractivity contribution in [2.45, 2.75) is 57.5 Å². The number of pyridine rings is 1. The van der Waals surface area contributed by atoms with E-state index in [-0.39, 0.29) is 0 Å². The zero-order chi connectivity index (χ0) is 13.1. The number of thioether (sulfide) groups is 1. The second kappa shape index (κ2) is 5.96. The van der Waals surface area contributed by atoms with Gasteiger partial charge in [-0.3, -0.25) is 4.98 Å². The fourth-order valence-electron chi connectivity index (χ4n) is 2.66. The van der Waals surface area contributed by atoms with Gasteiger partial charge in [-0.05, 0) is 43.7 Å². The Morgan fingerprint density at radius 2 is 2.17 bits per heavy atom. The molecule has 2 rings (SSSR count). The highest BCUT2D eigenvalue weighted by molar-refractivity contribution is 7.99. The fourth-order valence-corrected chi connectivity index (χ4v) is 4.15. The molecule has 1 saturated carbocycles. The van der Waals surface area contributed by atoms with Crippen LogP contribution in [-0.2, 0) is 5.75 Å². The van der Waals surface area contributed by atoms with E-state index in [0.717, 1.165) is 28.2 Å². The Hall–Kier alpha value is -0.700. The van der Waals surface area contributed by atoms with Crippen LogP contribution in [-0.4, -0.2) is 10.2 Å². The van der Waals surface area contributed by atoms with Crippen molar-refractivity contribution in [3.8, 4) is 0 Å². The molecule has 0 bridgehead atoms. The smallest absolute Gasteiger partial charge is 0.0552 e. The van der Waals surface area contributed by atoms with Crippen LogP contribution in [0.3, 0.4) is 0 Å². The Balaban J connectivity index is 1.96. The largest absolute Gasteiger partial charge is 0.398 e. The van der Waals surface area contributed by atoms with Crippen molar-refractivity contribution in [2.75, 3.05) is 5.73 Å². The summed E-state index contributed by atoms with van der Waals surface area (Å²) in [4.78, 5) is 4.54. The van der Waals surface area contributed by atoms with Crippen molar-refractivity contribution in [2.24, 2.45) is 5.92 Å². The van der Waals surface area contributed by atoms with Crippen LogP contribution in [0.15, 0.2) is 6.20 Å². The highest BCUT2D eigenvalue weighted by Gasteiger charge is 2.19. The molecule has 1 aliphatic carbocycles. The molecule has 0 spiro atoms. The van der Waals surface area contributed by atoms with Gasteiger partial charge in [0, 0.05) is 22.9 Å². The summed E-state index contributed by atoms with van der Waals surface area (Å²) in [6.07, 6.45) is 7.44. The molecule has 2 atom stereocenters. The second-order valence-corrected chi connectivity index (χ2v) is 6.92. The Morgan fingerprint density at radius 3 is 2.89 bits per heavy atom. The number of aryl methyl sites for hydroxylation is 1. The van der Waals surface area contributed by atoms with Gasteiger partial charge in [0.05, 0.1) is 5.69 Å². The molecule has 3 heteroatoms. The summed E-state index contributed by atoms with van der Waals surface area (Å²) in [5, 5.41) is 0.817. The number of hydrogen-bond acceptors (Lipinski definition) is 3. The molecule has 1 aromatic heterocycles. The molecule has 2 nitrogen and oxygen atoms in total. The van der Waals surface area contributed by atoms with Crippen LogP contribution in [0.4, 0.5) is 5.69 Å². The van der Waals surface area contributed by atoms with Crippen molar-refractivity contribution in [1.29, 1.82) is 0 Å². The summed E-state index contributed by atoms with van der Waals surface area (Å²) in [5.41, 5.74) is 10.4. The van der Waals surface area contributed by atoms with Crippen molar-refractivity contribution in [1.82, 2.24) is 4.98 Å². The summed E-state index contributed by atoms with van der Waals surface area (Å²) in [6, 6.07) is 0. The van der Waals surface area contributed by atoms with Gasteiger partial charge in [0.2, 0.25) is 0 Å². The highest BCUT2D eigenvalue weighted by atomic mass is 32.2. The molecular formula is C15H24N2S. The minimum absolute atomic E-state index is 0.817. The third-order valence-electron chi connectivity index (χ3n) is 4.02. The molecule has 2 N–H and O–H groups in total. The first kappa shape index (κ1) is 13.7. The molecule has 2 unspecified atom stereocenters. The van der Waals surface area contributed by atoms with Crippen LogP contribution in [0.25, 0.3) is 0 Å². The van der Waals surface area contributed by atoms with E-state index in [1.54, 1.807) is 0 Å². The van der Waals surface area contributed by atoms with Crippen LogP contribution >= 0.6 is 11.8 Å². The van der Waals surface area contributed by atoms with Gasteiger partial charge in [0.1, 0.15) is 0 Å². The number of anilines is 1. The fraction of sp³-hybridized carbons (Fsp3) is 0.667. The molecule has 1 aromatic rings. The molecule has 0 aromatic carbocycles. The molecule has 1 aliphatic rings. The molecule has 18 heavy (non-hydrogen) atoms. The number of nitrogens with zero attached hydrogens (tertiary/aromatic N) is 1. The number of rotatable bonds is 3. The molecule has 0 saturated heterocycles. The molecule has 0 radical (unpaired) electrons. The first-order chi connectivity index (χ1) is 8.58. The molecule has 0 amide bonds. The summed E-state index contributed by atoms with van der Waals surface area (Å²) < 4.78 is 0. The van der Waals surface area contributed by atoms with Gasteiger partial charge >= 0.3 is 0 Å². The first-order valence-electron chi connectivity index (χ1n) is 6.90. The minimum atomic E-state index is 0.817. The van der Waals surface area contributed by atoms with E-state index in [0.29, 0.717) is 0 Å².